The monoisotopic (exact) mass is 311 g/mol. The van der Waals surface area contributed by atoms with Crippen LogP contribution in [0.1, 0.15) is 12.5 Å². The first-order valence-electron chi connectivity index (χ1n) is 6.51. The van der Waals surface area contributed by atoms with Gasteiger partial charge in [-0.05, 0) is 0 Å². The summed E-state index contributed by atoms with van der Waals surface area (Å²) in [5.74, 6) is -2.85. The maximum atomic E-state index is 13.5. The molecule has 22 heavy (non-hydrogen) atoms. The van der Waals surface area contributed by atoms with Crippen molar-refractivity contribution < 1.29 is 23.1 Å². The summed E-state index contributed by atoms with van der Waals surface area (Å²) < 4.78 is 40.6. The Bertz CT molecular complexity index is 727. The van der Waals surface area contributed by atoms with E-state index in [1.54, 1.807) is 30.3 Å². The Kier molecular flexibility index (Phi) is 3.03. The second-order valence-corrected chi connectivity index (χ2v) is 5.16. The molecule has 5 nitrogen and oxygen atoms in total. The minimum atomic E-state index is -5.02. The fourth-order valence-electron chi connectivity index (χ4n) is 2.63. The number of alkyl halides is 3. The zero-order valence-corrected chi connectivity index (χ0v) is 11.4. The molecule has 1 amide bonds. The predicted molar refractivity (Wildman–Crippen MR) is 71.8 cm³/mol. The van der Waals surface area contributed by atoms with Gasteiger partial charge in [0.1, 0.15) is 11.5 Å². The third-order valence-corrected chi connectivity index (χ3v) is 3.89. The van der Waals surface area contributed by atoms with Gasteiger partial charge in [-0.2, -0.15) is 18.3 Å². The maximum absolute atomic E-state index is 13.5. The Labute approximate surface area is 123 Å². The molecule has 0 aliphatic carbocycles. The standard InChI is InChI=1S/C14H12F3N3O2/c1-7-12(21)18-11-9(13(7,22)14(15,16)17)10(19-20-11)8-5-3-2-4-6-8/h2-7,22H,1H3,(H2,18,19,20,21). The summed E-state index contributed by atoms with van der Waals surface area (Å²) in [6.07, 6.45) is -5.02. The Balaban J connectivity index is 2.29. The predicted octanol–water partition coefficient (Wildman–Crippen LogP) is 2.41. The fourth-order valence-corrected chi connectivity index (χ4v) is 2.63. The summed E-state index contributed by atoms with van der Waals surface area (Å²) in [5.41, 5.74) is -3.39. The van der Waals surface area contributed by atoms with Crippen LogP contribution in [0.2, 0.25) is 0 Å². The van der Waals surface area contributed by atoms with Crippen molar-refractivity contribution in [3.8, 4) is 11.3 Å². The van der Waals surface area contributed by atoms with Gasteiger partial charge in [0.2, 0.25) is 11.5 Å². The van der Waals surface area contributed by atoms with Gasteiger partial charge in [-0.25, -0.2) is 0 Å². The van der Waals surface area contributed by atoms with E-state index in [1.165, 1.54) is 0 Å². The van der Waals surface area contributed by atoms with E-state index >= 15 is 0 Å². The van der Waals surface area contributed by atoms with Crippen LogP contribution in [0.3, 0.4) is 0 Å². The van der Waals surface area contributed by atoms with Crippen LogP contribution >= 0.6 is 0 Å². The smallest absolute Gasteiger partial charge is 0.376 e. The van der Waals surface area contributed by atoms with Crippen molar-refractivity contribution in [1.82, 2.24) is 10.2 Å². The first-order valence-corrected chi connectivity index (χ1v) is 6.51. The lowest BCUT2D eigenvalue weighted by molar-refractivity contribution is -0.281. The van der Waals surface area contributed by atoms with E-state index in [0.717, 1.165) is 6.92 Å². The molecular formula is C14H12F3N3O2. The molecule has 1 aromatic heterocycles. The number of aliphatic hydroxyl groups is 1. The Morgan fingerprint density at radius 2 is 1.91 bits per heavy atom. The van der Waals surface area contributed by atoms with Crippen LogP contribution in [-0.2, 0) is 10.4 Å². The number of carbonyl (C=O) groups excluding carboxylic acids is 1. The van der Waals surface area contributed by atoms with Gasteiger partial charge in [0, 0.05) is 5.56 Å². The van der Waals surface area contributed by atoms with Crippen molar-refractivity contribution in [2.75, 3.05) is 5.32 Å². The van der Waals surface area contributed by atoms with Crippen LogP contribution in [-0.4, -0.2) is 27.4 Å². The van der Waals surface area contributed by atoms with Crippen molar-refractivity contribution in [2.24, 2.45) is 5.92 Å². The number of rotatable bonds is 1. The molecule has 2 atom stereocenters. The van der Waals surface area contributed by atoms with Gasteiger partial charge in [-0.15, -0.1) is 0 Å². The minimum absolute atomic E-state index is 0.0396. The molecular weight excluding hydrogens is 299 g/mol. The average Bonchev–Trinajstić information content (AvgIpc) is 2.88. The molecule has 0 fully saturated rings. The van der Waals surface area contributed by atoms with Crippen molar-refractivity contribution in [2.45, 2.75) is 18.7 Å². The number of fused-ring (bicyclic) bond motifs is 1. The molecule has 0 spiro atoms. The van der Waals surface area contributed by atoms with Gasteiger partial charge >= 0.3 is 6.18 Å². The maximum Gasteiger partial charge on any atom is 0.422 e. The summed E-state index contributed by atoms with van der Waals surface area (Å²) >= 11 is 0. The fraction of sp³-hybridized carbons (Fsp3) is 0.286. The molecule has 0 radical (unpaired) electrons. The van der Waals surface area contributed by atoms with E-state index in [1.807, 2.05) is 0 Å². The van der Waals surface area contributed by atoms with E-state index in [2.05, 4.69) is 15.5 Å². The molecule has 116 valence electrons. The molecule has 1 aliphatic rings. The highest BCUT2D eigenvalue weighted by Crippen LogP contribution is 2.51. The number of hydrogen-bond donors (Lipinski definition) is 3. The lowest BCUT2D eigenvalue weighted by Gasteiger charge is -2.38. The van der Waals surface area contributed by atoms with Crippen LogP contribution in [0.25, 0.3) is 11.3 Å². The SMILES string of the molecule is CC1C(=O)Nc2[nH]nc(-c3ccccc3)c2C1(O)C(F)(F)F. The third-order valence-electron chi connectivity index (χ3n) is 3.89. The van der Waals surface area contributed by atoms with Crippen molar-refractivity contribution >= 4 is 11.7 Å². The molecule has 2 aromatic rings. The van der Waals surface area contributed by atoms with Crippen LogP contribution in [0, 0.1) is 5.92 Å². The van der Waals surface area contributed by atoms with Gasteiger partial charge in [0.25, 0.3) is 0 Å². The highest BCUT2D eigenvalue weighted by Gasteiger charge is 2.64. The molecule has 2 heterocycles. The van der Waals surface area contributed by atoms with E-state index in [0.29, 0.717) is 5.56 Å². The van der Waals surface area contributed by atoms with Gasteiger partial charge in [-0.3, -0.25) is 9.89 Å². The average molecular weight is 311 g/mol. The summed E-state index contributed by atoms with van der Waals surface area (Å²) in [4.78, 5) is 11.7. The molecule has 1 aliphatic heterocycles. The zero-order valence-electron chi connectivity index (χ0n) is 11.4. The normalized spacial score (nSPS) is 24.8. The first kappa shape index (κ1) is 14.6. The molecule has 0 saturated heterocycles. The number of nitrogens with one attached hydrogen (secondary N) is 2. The summed E-state index contributed by atoms with van der Waals surface area (Å²) in [6.45, 7) is 1.04. The molecule has 1 aromatic carbocycles. The quantitative estimate of drug-likeness (QED) is 0.757. The Morgan fingerprint density at radius 1 is 1.27 bits per heavy atom. The number of carbonyl (C=O) groups is 1. The number of amides is 1. The van der Waals surface area contributed by atoms with Crippen molar-refractivity contribution in [1.29, 1.82) is 0 Å². The van der Waals surface area contributed by atoms with Gasteiger partial charge in [-0.1, -0.05) is 37.3 Å². The lowest BCUT2D eigenvalue weighted by Crippen LogP contribution is -2.54. The number of hydrogen-bond acceptors (Lipinski definition) is 3. The first-order chi connectivity index (χ1) is 10.3. The van der Waals surface area contributed by atoms with Crippen LogP contribution < -0.4 is 5.32 Å². The van der Waals surface area contributed by atoms with Crippen LogP contribution in [0.5, 0.6) is 0 Å². The van der Waals surface area contributed by atoms with E-state index in [-0.39, 0.29) is 11.5 Å². The summed E-state index contributed by atoms with van der Waals surface area (Å²) in [6, 6.07) is 8.16. The van der Waals surface area contributed by atoms with E-state index in [9.17, 15) is 23.1 Å². The number of aromatic amines is 1. The largest absolute Gasteiger partial charge is 0.422 e. The number of benzene rings is 1. The zero-order chi connectivity index (χ0) is 16.1. The van der Waals surface area contributed by atoms with E-state index < -0.39 is 29.2 Å². The highest BCUT2D eigenvalue weighted by molar-refractivity contribution is 5.97. The van der Waals surface area contributed by atoms with Crippen molar-refractivity contribution in [3.05, 3.63) is 35.9 Å². The summed E-state index contributed by atoms with van der Waals surface area (Å²) in [7, 11) is 0. The minimum Gasteiger partial charge on any atom is -0.376 e. The van der Waals surface area contributed by atoms with Gasteiger partial charge in [0.05, 0.1) is 11.5 Å². The number of halogens is 3. The number of H-pyrrole nitrogens is 1. The van der Waals surface area contributed by atoms with Crippen LogP contribution in [0.4, 0.5) is 19.0 Å². The third kappa shape index (κ3) is 1.83. The van der Waals surface area contributed by atoms with Crippen molar-refractivity contribution in [3.63, 3.8) is 0 Å². The highest BCUT2D eigenvalue weighted by atomic mass is 19.4. The van der Waals surface area contributed by atoms with Gasteiger partial charge in [0.15, 0.2) is 0 Å². The number of anilines is 1. The van der Waals surface area contributed by atoms with Gasteiger partial charge < -0.3 is 10.4 Å². The molecule has 0 bridgehead atoms. The topological polar surface area (TPSA) is 78.0 Å². The molecule has 3 N–H and O–H groups in total. The Hall–Kier alpha value is -2.35. The second-order valence-electron chi connectivity index (χ2n) is 5.16. The Morgan fingerprint density at radius 3 is 2.50 bits per heavy atom. The molecule has 0 saturated carbocycles. The molecule has 8 heteroatoms. The second kappa shape index (κ2) is 4.57. The number of aromatic nitrogens is 2. The molecule has 3 rings (SSSR count). The van der Waals surface area contributed by atoms with Crippen LogP contribution in [0.15, 0.2) is 30.3 Å². The molecule has 2 unspecified atom stereocenters. The number of nitrogens with zero attached hydrogens (tertiary/aromatic N) is 1. The summed E-state index contributed by atoms with van der Waals surface area (Å²) in [5, 5.41) is 18.9. The lowest BCUT2D eigenvalue weighted by atomic mass is 9.77. The van der Waals surface area contributed by atoms with E-state index in [4.69, 9.17) is 0 Å².